The molecule has 3 aromatic heterocycles. The standard InChI is InChI=1S/C33H40ClFN8O3/c1-19-25(18-43(41-19)29-7-5-6-12-45-29)20-13-28-30(38-22-9-10-23(15-22)39-32(44)46-33(2,3)4)24(16-37-42(28)17-20)31(36)40-27-14-21(35)8-11-26(27)34/h8,11,13-14,16-18,22-23,29,38H,5-7,9-10,12,15H2,1-4H3,(H2,36,40)(H,39,44)/t22-,23+,29?/m1/s1. The van der Waals surface area contributed by atoms with Crippen molar-refractivity contribution >= 4 is 40.4 Å². The Hall–Kier alpha value is -4.16. The number of aliphatic imine (C=N–C) groups is 1. The minimum absolute atomic E-state index is 0.0155. The molecule has 1 aliphatic carbocycles. The van der Waals surface area contributed by atoms with Crippen molar-refractivity contribution in [2.75, 3.05) is 11.9 Å². The van der Waals surface area contributed by atoms with Crippen LogP contribution in [0.4, 0.5) is 20.6 Å². The summed E-state index contributed by atoms with van der Waals surface area (Å²) in [6.07, 6.45) is 10.5. The zero-order valence-corrected chi connectivity index (χ0v) is 27.3. The number of hydrogen-bond donors (Lipinski definition) is 3. The molecule has 6 rings (SSSR count). The molecule has 2 aliphatic rings. The van der Waals surface area contributed by atoms with E-state index in [4.69, 9.17) is 31.9 Å². The molecule has 3 atom stereocenters. The summed E-state index contributed by atoms with van der Waals surface area (Å²) >= 11 is 6.32. The second-order valence-corrected chi connectivity index (χ2v) is 13.4. The van der Waals surface area contributed by atoms with E-state index in [1.807, 2.05) is 50.8 Å². The van der Waals surface area contributed by atoms with Gasteiger partial charge in [0.1, 0.15) is 23.5 Å². The number of alkyl carbamates (subject to hydrolysis) is 1. The van der Waals surface area contributed by atoms with Crippen molar-refractivity contribution in [1.29, 1.82) is 0 Å². The first kappa shape index (κ1) is 31.8. The summed E-state index contributed by atoms with van der Waals surface area (Å²) in [4.78, 5) is 16.9. The fraction of sp³-hybridized carbons (Fsp3) is 0.455. The van der Waals surface area contributed by atoms with Crippen LogP contribution in [0, 0.1) is 12.7 Å². The quantitative estimate of drug-likeness (QED) is 0.146. The van der Waals surface area contributed by atoms with E-state index in [-0.39, 0.29) is 34.9 Å². The molecular weight excluding hydrogens is 611 g/mol. The average Bonchev–Trinajstić information content (AvgIpc) is 3.73. The second-order valence-electron chi connectivity index (χ2n) is 13.0. The van der Waals surface area contributed by atoms with Gasteiger partial charge in [0.15, 0.2) is 0 Å². The van der Waals surface area contributed by atoms with E-state index in [0.29, 0.717) is 12.0 Å². The summed E-state index contributed by atoms with van der Waals surface area (Å²) in [6, 6.07) is 5.96. The summed E-state index contributed by atoms with van der Waals surface area (Å²) < 4.78 is 29.2. The van der Waals surface area contributed by atoms with Crippen molar-refractivity contribution in [2.45, 2.75) is 90.1 Å². The van der Waals surface area contributed by atoms with Gasteiger partial charge in [-0.15, -0.1) is 0 Å². The van der Waals surface area contributed by atoms with Crippen LogP contribution in [-0.2, 0) is 9.47 Å². The van der Waals surface area contributed by atoms with E-state index in [1.165, 1.54) is 18.2 Å². The first-order valence-electron chi connectivity index (χ1n) is 15.7. The first-order valence-corrected chi connectivity index (χ1v) is 16.1. The number of fused-ring (bicyclic) bond motifs is 1. The van der Waals surface area contributed by atoms with E-state index in [0.717, 1.165) is 66.7 Å². The van der Waals surface area contributed by atoms with Gasteiger partial charge < -0.3 is 25.8 Å². The van der Waals surface area contributed by atoms with E-state index < -0.39 is 17.5 Å². The highest BCUT2D eigenvalue weighted by Gasteiger charge is 2.29. The van der Waals surface area contributed by atoms with Gasteiger partial charge in [-0.1, -0.05) is 11.6 Å². The summed E-state index contributed by atoms with van der Waals surface area (Å²) in [5.74, 6) is -0.337. The van der Waals surface area contributed by atoms with Gasteiger partial charge in [0, 0.05) is 48.3 Å². The highest BCUT2D eigenvalue weighted by molar-refractivity contribution is 6.33. The Bertz CT molecular complexity index is 1770. The van der Waals surface area contributed by atoms with E-state index in [2.05, 4.69) is 20.7 Å². The number of carbonyl (C=O) groups is 1. The number of aromatic nitrogens is 4. The predicted octanol–water partition coefficient (Wildman–Crippen LogP) is 6.89. The SMILES string of the molecule is Cc1nn(C2CCCCO2)cc1-c1cc2c(N[C@@H]3CC[C@H](NC(=O)OC(C)(C)C)C3)c(C(N)=Nc3cc(F)ccc3Cl)cnn2c1. The summed E-state index contributed by atoms with van der Waals surface area (Å²) in [6.45, 7) is 8.24. The van der Waals surface area contributed by atoms with Crippen LogP contribution < -0.4 is 16.4 Å². The third-order valence-electron chi connectivity index (χ3n) is 8.24. The van der Waals surface area contributed by atoms with Crippen molar-refractivity contribution in [3.63, 3.8) is 0 Å². The van der Waals surface area contributed by atoms with Crippen LogP contribution >= 0.6 is 11.6 Å². The fourth-order valence-electron chi connectivity index (χ4n) is 6.08. The van der Waals surface area contributed by atoms with Crippen molar-refractivity contribution in [3.8, 4) is 11.1 Å². The molecule has 13 heteroatoms. The maximum Gasteiger partial charge on any atom is 0.407 e. The largest absolute Gasteiger partial charge is 0.444 e. The third-order valence-corrected chi connectivity index (χ3v) is 8.56. The monoisotopic (exact) mass is 650 g/mol. The Balaban J connectivity index is 1.34. The number of nitrogens with one attached hydrogen (secondary N) is 2. The lowest BCUT2D eigenvalue weighted by molar-refractivity contribution is -0.0396. The molecule has 4 heterocycles. The zero-order chi connectivity index (χ0) is 32.6. The summed E-state index contributed by atoms with van der Waals surface area (Å²) in [5, 5.41) is 16.4. The molecule has 1 saturated carbocycles. The highest BCUT2D eigenvalue weighted by Crippen LogP contribution is 2.34. The second kappa shape index (κ2) is 12.9. The number of aryl methyl sites for hydroxylation is 1. The molecule has 1 amide bonds. The number of ether oxygens (including phenoxy) is 2. The molecule has 4 aromatic rings. The van der Waals surface area contributed by atoms with Crippen LogP contribution in [0.5, 0.6) is 0 Å². The number of carbonyl (C=O) groups excluding carboxylic acids is 1. The van der Waals surface area contributed by atoms with Crippen LogP contribution in [0.1, 0.15) is 76.8 Å². The molecule has 1 aromatic carbocycles. The Morgan fingerprint density at radius 1 is 1.17 bits per heavy atom. The molecule has 0 bridgehead atoms. The van der Waals surface area contributed by atoms with Gasteiger partial charge >= 0.3 is 6.09 Å². The van der Waals surface area contributed by atoms with Crippen molar-refractivity contribution in [1.82, 2.24) is 24.7 Å². The number of amidine groups is 1. The van der Waals surface area contributed by atoms with E-state index >= 15 is 0 Å². The molecule has 1 saturated heterocycles. The fourth-order valence-corrected chi connectivity index (χ4v) is 6.24. The number of nitrogens with zero attached hydrogens (tertiary/aromatic N) is 5. The number of rotatable bonds is 7. The number of hydrogen-bond acceptors (Lipinski definition) is 7. The maximum absolute atomic E-state index is 14.0. The van der Waals surface area contributed by atoms with Gasteiger partial charge in [-0.2, -0.15) is 10.2 Å². The number of nitrogens with two attached hydrogens (primary N) is 1. The number of benzene rings is 1. The van der Waals surface area contributed by atoms with E-state index in [1.54, 1.807) is 10.7 Å². The Morgan fingerprint density at radius 2 is 1.98 bits per heavy atom. The van der Waals surface area contributed by atoms with Gasteiger partial charge in [-0.25, -0.2) is 23.4 Å². The maximum atomic E-state index is 14.0. The smallest absolute Gasteiger partial charge is 0.407 e. The zero-order valence-electron chi connectivity index (χ0n) is 26.5. The molecule has 1 unspecified atom stereocenters. The molecule has 0 spiro atoms. The molecule has 46 heavy (non-hydrogen) atoms. The molecule has 1 aliphatic heterocycles. The van der Waals surface area contributed by atoms with E-state index in [9.17, 15) is 9.18 Å². The Morgan fingerprint density at radius 3 is 2.74 bits per heavy atom. The van der Waals surface area contributed by atoms with Crippen LogP contribution in [0.15, 0.2) is 47.8 Å². The number of anilines is 1. The first-order chi connectivity index (χ1) is 21.9. The van der Waals surface area contributed by atoms with Crippen LogP contribution in [0.25, 0.3) is 16.6 Å². The van der Waals surface area contributed by atoms with Gasteiger partial charge in [0.05, 0.1) is 39.4 Å². The van der Waals surface area contributed by atoms with Crippen molar-refractivity contribution in [3.05, 3.63) is 65.0 Å². The lowest BCUT2D eigenvalue weighted by Gasteiger charge is -2.22. The molecular formula is C33H40ClFN8O3. The predicted molar refractivity (Wildman–Crippen MR) is 176 cm³/mol. The normalized spacial score (nSPS) is 20.7. The summed E-state index contributed by atoms with van der Waals surface area (Å²) in [7, 11) is 0. The van der Waals surface area contributed by atoms with Gasteiger partial charge in [-0.3, -0.25) is 0 Å². The van der Waals surface area contributed by atoms with Gasteiger partial charge in [0.25, 0.3) is 0 Å². The minimum atomic E-state index is -0.579. The minimum Gasteiger partial charge on any atom is -0.444 e. The number of amides is 1. The van der Waals surface area contributed by atoms with Gasteiger partial charge in [-0.05, 0) is 84.4 Å². The average molecular weight is 651 g/mol. The highest BCUT2D eigenvalue weighted by atomic mass is 35.5. The molecule has 244 valence electrons. The molecule has 4 N–H and O–H groups in total. The summed E-state index contributed by atoms with van der Waals surface area (Å²) in [5.41, 5.74) is 11.1. The van der Waals surface area contributed by atoms with Crippen LogP contribution in [0.3, 0.4) is 0 Å². The van der Waals surface area contributed by atoms with Gasteiger partial charge in [0.2, 0.25) is 0 Å². The molecule has 2 fully saturated rings. The number of halogens is 2. The Labute approximate surface area is 272 Å². The lowest BCUT2D eigenvalue weighted by Crippen LogP contribution is -2.38. The molecule has 11 nitrogen and oxygen atoms in total. The van der Waals surface area contributed by atoms with Crippen LogP contribution in [-0.4, -0.2) is 55.6 Å². The molecule has 0 radical (unpaired) electrons. The third kappa shape index (κ3) is 7.13. The van der Waals surface area contributed by atoms with Crippen molar-refractivity contribution < 1.29 is 18.7 Å². The van der Waals surface area contributed by atoms with Crippen molar-refractivity contribution in [2.24, 2.45) is 10.7 Å². The van der Waals surface area contributed by atoms with Crippen LogP contribution in [0.2, 0.25) is 5.02 Å². The topological polar surface area (TPSA) is 133 Å². The lowest BCUT2D eigenvalue weighted by atomic mass is 10.1. The Kier molecular flexibility index (Phi) is 8.93.